The molecular formula is C18H33N3O2. The molecule has 0 aromatic rings. The molecule has 1 saturated carbocycles. The van der Waals surface area contributed by atoms with E-state index in [2.05, 4.69) is 10.2 Å². The lowest BCUT2D eigenvalue weighted by atomic mass is 9.78. The van der Waals surface area contributed by atoms with Gasteiger partial charge < -0.3 is 10.2 Å². The highest BCUT2D eigenvalue weighted by Crippen LogP contribution is 2.35. The van der Waals surface area contributed by atoms with Gasteiger partial charge in [-0.2, -0.15) is 0 Å². The van der Waals surface area contributed by atoms with Crippen molar-refractivity contribution in [3.05, 3.63) is 0 Å². The van der Waals surface area contributed by atoms with E-state index in [0.717, 1.165) is 19.4 Å². The van der Waals surface area contributed by atoms with Crippen LogP contribution in [0.2, 0.25) is 0 Å². The minimum absolute atomic E-state index is 0.0259. The zero-order valence-electron chi connectivity index (χ0n) is 15.2. The number of hydrogen-bond donors (Lipinski definition) is 1. The maximum atomic E-state index is 12.7. The zero-order valence-corrected chi connectivity index (χ0v) is 15.2. The normalized spacial score (nSPS) is 25.2. The molecule has 2 atom stereocenters. The van der Waals surface area contributed by atoms with E-state index in [-0.39, 0.29) is 23.9 Å². The fourth-order valence-corrected chi connectivity index (χ4v) is 4.01. The smallest absolute Gasteiger partial charge is 0.237 e. The molecule has 0 radical (unpaired) electrons. The maximum Gasteiger partial charge on any atom is 0.237 e. The van der Waals surface area contributed by atoms with Crippen LogP contribution in [0.1, 0.15) is 59.3 Å². The van der Waals surface area contributed by atoms with Crippen LogP contribution in [0, 0.1) is 5.92 Å². The fraction of sp³-hybridized carbons (Fsp3) is 0.889. The van der Waals surface area contributed by atoms with E-state index < -0.39 is 0 Å². The Morgan fingerprint density at radius 3 is 2.43 bits per heavy atom. The molecule has 2 amide bonds. The zero-order chi connectivity index (χ0) is 17.0. The monoisotopic (exact) mass is 323 g/mol. The molecule has 0 bridgehead atoms. The number of nitrogens with one attached hydrogen (secondary N) is 1. The van der Waals surface area contributed by atoms with Crippen molar-refractivity contribution in [2.24, 2.45) is 5.92 Å². The molecule has 23 heavy (non-hydrogen) atoms. The van der Waals surface area contributed by atoms with Crippen LogP contribution in [0.5, 0.6) is 0 Å². The number of fused-ring (bicyclic) bond motifs is 1. The second-order valence-electron chi connectivity index (χ2n) is 8.31. The van der Waals surface area contributed by atoms with Crippen molar-refractivity contribution in [1.82, 2.24) is 15.1 Å². The van der Waals surface area contributed by atoms with Crippen LogP contribution in [0.3, 0.4) is 0 Å². The number of piperidine rings is 1. The number of likely N-dealkylation sites (N-methyl/N-ethyl adjacent to an activating group) is 1. The molecule has 2 aliphatic rings. The second-order valence-corrected chi connectivity index (χ2v) is 8.31. The van der Waals surface area contributed by atoms with Crippen LogP contribution in [0.15, 0.2) is 0 Å². The van der Waals surface area contributed by atoms with Gasteiger partial charge in [-0.15, -0.1) is 0 Å². The van der Waals surface area contributed by atoms with E-state index in [1.54, 1.807) is 0 Å². The predicted octanol–water partition coefficient (Wildman–Crippen LogP) is 2.01. The summed E-state index contributed by atoms with van der Waals surface area (Å²) in [5, 5.41) is 2.94. The van der Waals surface area contributed by atoms with Crippen molar-refractivity contribution in [2.75, 3.05) is 26.7 Å². The first-order valence-corrected chi connectivity index (χ1v) is 9.05. The number of likely N-dealkylation sites (tertiary alicyclic amines) is 1. The number of amides is 2. The summed E-state index contributed by atoms with van der Waals surface area (Å²) in [5.41, 5.74) is -0.232. The van der Waals surface area contributed by atoms with Crippen molar-refractivity contribution in [1.29, 1.82) is 0 Å². The summed E-state index contributed by atoms with van der Waals surface area (Å²) in [4.78, 5) is 28.6. The third-order valence-electron chi connectivity index (χ3n) is 4.90. The van der Waals surface area contributed by atoms with Crippen LogP contribution < -0.4 is 5.32 Å². The number of carbonyl (C=O) groups is 2. The molecule has 0 aromatic carbocycles. The van der Waals surface area contributed by atoms with Gasteiger partial charge in [0.2, 0.25) is 11.8 Å². The predicted molar refractivity (Wildman–Crippen MR) is 92.1 cm³/mol. The van der Waals surface area contributed by atoms with Crippen LogP contribution in [0.4, 0.5) is 0 Å². The highest BCUT2D eigenvalue weighted by molar-refractivity contribution is 5.81. The number of rotatable bonds is 4. The first-order valence-electron chi connectivity index (χ1n) is 9.05. The van der Waals surface area contributed by atoms with Gasteiger partial charge in [0, 0.05) is 18.1 Å². The summed E-state index contributed by atoms with van der Waals surface area (Å²) < 4.78 is 0. The SMILES string of the molecule is CN(CC(=O)NC(C)(C)C)CC(=O)N1CCC[C@H]2CCCC[C@@H]21. The Labute approximate surface area is 140 Å². The van der Waals surface area contributed by atoms with Gasteiger partial charge in [-0.05, 0) is 59.4 Å². The fourth-order valence-electron chi connectivity index (χ4n) is 4.01. The summed E-state index contributed by atoms with van der Waals surface area (Å²) >= 11 is 0. The van der Waals surface area contributed by atoms with E-state index in [0.29, 0.717) is 18.5 Å². The summed E-state index contributed by atoms with van der Waals surface area (Å²) in [5.74, 6) is 0.866. The molecule has 1 saturated heterocycles. The lowest BCUT2D eigenvalue weighted by Gasteiger charge is -2.44. The second kappa shape index (κ2) is 7.65. The Kier molecular flexibility index (Phi) is 6.06. The molecule has 0 spiro atoms. The summed E-state index contributed by atoms with van der Waals surface area (Å²) in [6.07, 6.45) is 7.40. The van der Waals surface area contributed by atoms with Gasteiger partial charge in [-0.3, -0.25) is 14.5 Å². The average Bonchev–Trinajstić information content (AvgIpc) is 2.44. The Balaban J connectivity index is 1.84. The molecule has 5 heteroatoms. The first kappa shape index (κ1) is 18.2. The Morgan fingerprint density at radius 2 is 1.74 bits per heavy atom. The van der Waals surface area contributed by atoms with Gasteiger partial charge in [0.15, 0.2) is 0 Å². The highest BCUT2D eigenvalue weighted by atomic mass is 16.2. The number of nitrogens with zero attached hydrogens (tertiary/aromatic N) is 2. The van der Waals surface area contributed by atoms with Gasteiger partial charge in [0.05, 0.1) is 13.1 Å². The van der Waals surface area contributed by atoms with Crippen LogP contribution >= 0.6 is 0 Å². The summed E-state index contributed by atoms with van der Waals surface area (Å²) in [7, 11) is 1.85. The lowest BCUT2D eigenvalue weighted by Crippen LogP contribution is -2.53. The molecule has 1 aliphatic heterocycles. The van der Waals surface area contributed by atoms with Gasteiger partial charge in [-0.1, -0.05) is 12.8 Å². The van der Waals surface area contributed by atoms with Gasteiger partial charge in [0.25, 0.3) is 0 Å². The van der Waals surface area contributed by atoms with Crippen LogP contribution in [-0.2, 0) is 9.59 Å². The lowest BCUT2D eigenvalue weighted by molar-refractivity contribution is -0.138. The molecule has 2 fully saturated rings. The third-order valence-corrected chi connectivity index (χ3v) is 4.90. The van der Waals surface area contributed by atoms with Crippen molar-refractivity contribution < 1.29 is 9.59 Å². The first-order chi connectivity index (χ1) is 10.8. The molecule has 1 aliphatic carbocycles. The molecule has 2 rings (SSSR count). The highest BCUT2D eigenvalue weighted by Gasteiger charge is 2.35. The third kappa shape index (κ3) is 5.48. The van der Waals surface area contributed by atoms with Crippen LogP contribution in [-0.4, -0.2) is 59.9 Å². The molecule has 132 valence electrons. The molecule has 0 aromatic heterocycles. The Bertz CT molecular complexity index is 428. The van der Waals surface area contributed by atoms with Crippen LogP contribution in [0.25, 0.3) is 0 Å². The molecule has 5 nitrogen and oxygen atoms in total. The molecule has 1 N–H and O–H groups in total. The minimum atomic E-state index is -0.232. The van der Waals surface area contributed by atoms with Crippen molar-refractivity contribution in [3.8, 4) is 0 Å². The van der Waals surface area contributed by atoms with Gasteiger partial charge in [0.1, 0.15) is 0 Å². The summed E-state index contributed by atoms with van der Waals surface area (Å²) in [6, 6.07) is 0.446. The number of hydrogen-bond acceptors (Lipinski definition) is 3. The van der Waals surface area contributed by atoms with E-state index in [1.165, 1.54) is 25.7 Å². The van der Waals surface area contributed by atoms with Gasteiger partial charge in [-0.25, -0.2) is 0 Å². The largest absolute Gasteiger partial charge is 0.350 e. The van der Waals surface area contributed by atoms with E-state index in [1.807, 2.05) is 32.7 Å². The van der Waals surface area contributed by atoms with Gasteiger partial charge >= 0.3 is 0 Å². The van der Waals surface area contributed by atoms with E-state index in [4.69, 9.17) is 0 Å². The maximum absolute atomic E-state index is 12.7. The topological polar surface area (TPSA) is 52.7 Å². The molecule has 1 heterocycles. The summed E-state index contributed by atoms with van der Waals surface area (Å²) in [6.45, 7) is 7.39. The minimum Gasteiger partial charge on any atom is -0.350 e. The van der Waals surface area contributed by atoms with E-state index in [9.17, 15) is 9.59 Å². The Morgan fingerprint density at radius 1 is 1.09 bits per heavy atom. The van der Waals surface area contributed by atoms with E-state index >= 15 is 0 Å². The Hall–Kier alpha value is -1.10. The van der Waals surface area contributed by atoms with Crippen molar-refractivity contribution in [2.45, 2.75) is 70.9 Å². The quantitative estimate of drug-likeness (QED) is 0.861. The van der Waals surface area contributed by atoms with Crippen molar-refractivity contribution in [3.63, 3.8) is 0 Å². The standard InChI is InChI=1S/C18H33N3O2/c1-18(2,3)19-16(22)12-20(4)13-17(23)21-11-7-9-14-8-5-6-10-15(14)21/h14-15H,5-13H2,1-4H3,(H,19,22)/t14-,15+/m1/s1. The molecule has 0 unspecified atom stereocenters. The molecular weight excluding hydrogens is 290 g/mol. The van der Waals surface area contributed by atoms with Crippen molar-refractivity contribution >= 4 is 11.8 Å². The number of carbonyl (C=O) groups excluding carboxylic acids is 2. The average molecular weight is 323 g/mol.